The first-order valence-corrected chi connectivity index (χ1v) is 11.5. The number of H-pyrrole nitrogens is 1. The Balaban J connectivity index is 1.30. The van der Waals surface area contributed by atoms with E-state index in [0.29, 0.717) is 29.8 Å². The molecule has 30 heavy (non-hydrogen) atoms. The van der Waals surface area contributed by atoms with Crippen LogP contribution in [-0.4, -0.2) is 38.9 Å². The second-order valence-corrected chi connectivity index (χ2v) is 9.96. The van der Waals surface area contributed by atoms with Crippen molar-refractivity contribution in [3.63, 3.8) is 0 Å². The van der Waals surface area contributed by atoms with E-state index in [-0.39, 0.29) is 23.0 Å². The van der Waals surface area contributed by atoms with E-state index >= 15 is 0 Å². The van der Waals surface area contributed by atoms with Crippen molar-refractivity contribution in [2.24, 2.45) is 17.8 Å². The Morgan fingerprint density at radius 1 is 1.20 bits per heavy atom. The van der Waals surface area contributed by atoms with Crippen LogP contribution in [0.25, 0.3) is 10.9 Å². The van der Waals surface area contributed by atoms with Crippen LogP contribution in [-0.2, 0) is 11.3 Å². The average molecular weight is 409 g/mol. The molecule has 160 valence electrons. The van der Waals surface area contributed by atoms with Crippen molar-refractivity contribution in [1.29, 1.82) is 0 Å². The van der Waals surface area contributed by atoms with E-state index < -0.39 is 0 Å². The Morgan fingerprint density at radius 2 is 1.83 bits per heavy atom. The van der Waals surface area contributed by atoms with Crippen LogP contribution in [0, 0.1) is 17.8 Å². The molecule has 1 atom stereocenters. The lowest BCUT2D eigenvalue weighted by Gasteiger charge is -2.57. The highest BCUT2D eigenvalue weighted by atomic mass is 16.2. The Bertz CT molecular complexity index is 978. The summed E-state index contributed by atoms with van der Waals surface area (Å²) in [6.45, 7) is 5.18. The minimum atomic E-state index is -0.264. The molecule has 4 aliphatic rings. The second kappa shape index (κ2) is 7.49. The lowest BCUT2D eigenvalue weighted by Crippen LogP contribution is -2.62. The van der Waals surface area contributed by atoms with Crippen molar-refractivity contribution in [2.75, 3.05) is 6.54 Å². The van der Waals surface area contributed by atoms with Gasteiger partial charge in [0.15, 0.2) is 0 Å². The van der Waals surface area contributed by atoms with Gasteiger partial charge in [0.2, 0.25) is 5.91 Å². The van der Waals surface area contributed by atoms with E-state index in [0.717, 1.165) is 37.0 Å². The number of rotatable bonds is 6. The van der Waals surface area contributed by atoms with Crippen LogP contribution in [0.3, 0.4) is 0 Å². The second-order valence-electron chi connectivity index (χ2n) is 9.96. The maximum absolute atomic E-state index is 13.3. The highest BCUT2D eigenvalue weighted by Gasteiger charge is 2.51. The number of nitrogens with one attached hydrogen (secondary N) is 2. The van der Waals surface area contributed by atoms with Crippen LogP contribution in [0.15, 0.2) is 29.1 Å². The third-order valence-corrected chi connectivity index (χ3v) is 7.77. The largest absolute Gasteiger partial charge is 0.349 e. The molecule has 6 nitrogen and oxygen atoms in total. The fraction of sp³-hybridized carbons (Fsp3) is 0.625. The van der Waals surface area contributed by atoms with Crippen LogP contribution in [0.2, 0.25) is 0 Å². The molecule has 2 N–H and O–H groups in total. The average Bonchev–Trinajstić information content (AvgIpc) is 2.70. The Kier molecular flexibility index (Phi) is 4.92. The molecule has 4 saturated carbocycles. The first-order chi connectivity index (χ1) is 14.4. The van der Waals surface area contributed by atoms with Crippen molar-refractivity contribution in [3.8, 4) is 0 Å². The van der Waals surface area contributed by atoms with Crippen molar-refractivity contribution in [2.45, 2.75) is 70.5 Å². The van der Waals surface area contributed by atoms with Crippen LogP contribution in [0.5, 0.6) is 0 Å². The van der Waals surface area contributed by atoms with E-state index in [1.807, 2.05) is 32.0 Å². The summed E-state index contributed by atoms with van der Waals surface area (Å²) in [5, 5.41) is 4.09. The molecule has 4 bridgehead atoms. The van der Waals surface area contributed by atoms with Gasteiger partial charge in [-0.25, -0.2) is 4.98 Å². The Hall–Kier alpha value is -2.21. The third-order valence-electron chi connectivity index (χ3n) is 7.77. The van der Waals surface area contributed by atoms with Gasteiger partial charge in [0.1, 0.15) is 5.82 Å². The van der Waals surface area contributed by atoms with Gasteiger partial charge in [-0.1, -0.05) is 19.1 Å². The maximum Gasteiger partial charge on any atom is 0.258 e. The number of para-hydroxylation sites is 1. The van der Waals surface area contributed by atoms with E-state index in [4.69, 9.17) is 0 Å². The molecule has 1 unspecified atom stereocenters. The van der Waals surface area contributed by atoms with Crippen molar-refractivity contribution >= 4 is 16.8 Å². The molecule has 4 aliphatic carbocycles. The summed E-state index contributed by atoms with van der Waals surface area (Å²) >= 11 is 0. The fourth-order valence-electron chi connectivity index (χ4n) is 6.72. The van der Waals surface area contributed by atoms with Crippen LogP contribution in [0.1, 0.15) is 58.2 Å². The van der Waals surface area contributed by atoms with Gasteiger partial charge in [0.25, 0.3) is 5.56 Å². The van der Waals surface area contributed by atoms with E-state index in [9.17, 15) is 9.59 Å². The number of aromatic amines is 1. The minimum absolute atomic E-state index is 0.0228. The number of amides is 1. The number of benzene rings is 1. The predicted octanol–water partition coefficient (Wildman–Crippen LogP) is 3.22. The summed E-state index contributed by atoms with van der Waals surface area (Å²) in [6, 6.07) is 7.10. The van der Waals surface area contributed by atoms with Gasteiger partial charge in [-0.15, -0.1) is 0 Å². The molecule has 1 amide bonds. The highest BCUT2D eigenvalue weighted by molar-refractivity contribution is 5.82. The smallest absolute Gasteiger partial charge is 0.258 e. The molecule has 1 aromatic heterocycles. The summed E-state index contributed by atoms with van der Waals surface area (Å²) in [4.78, 5) is 35.2. The zero-order chi connectivity index (χ0) is 20.9. The maximum atomic E-state index is 13.3. The van der Waals surface area contributed by atoms with Gasteiger partial charge in [0.05, 0.1) is 23.5 Å². The molecular weight excluding hydrogens is 376 g/mol. The van der Waals surface area contributed by atoms with Gasteiger partial charge < -0.3 is 10.3 Å². The number of nitrogens with zero attached hydrogens (tertiary/aromatic N) is 2. The zero-order valence-electron chi connectivity index (χ0n) is 18.0. The SMILES string of the molecule is CCN(Cc1nc2ccccc2c(=O)[nH]1)C(C)C(=O)NC12CC3CC(CC(C3)C1)C2. The number of aromatic nitrogens is 2. The lowest BCUT2D eigenvalue weighted by molar-refractivity contribution is -0.131. The lowest BCUT2D eigenvalue weighted by atomic mass is 9.53. The summed E-state index contributed by atoms with van der Waals surface area (Å²) in [6.07, 6.45) is 7.57. The Morgan fingerprint density at radius 3 is 2.47 bits per heavy atom. The molecule has 1 heterocycles. The molecule has 4 fully saturated rings. The van der Waals surface area contributed by atoms with Crippen LogP contribution in [0.4, 0.5) is 0 Å². The summed E-state index contributed by atoms with van der Waals surface area (Å²) in [7, 11) is 0. The van der Waals surface area contributed by atoms with Crippen molar-refractivity contribution in [3.05, 3.63) is 40.4 Å². The van der Waals surface area contributed by atoms with Crippen molar-refractivity contribution < 1.29 is 4.79 Å². The number of likely N-dealkylation sites (N-methyl/N-ethyl adjacent to an activating group) is 1. The van der Waals surface area contributed by atoms with E-state index in [1.165, 1.54) is 19.3 Å². The van der Waals surface area contributed by atoms with Gasteiger partial charge in [0, 0.05) is 5.54 Å². The minimum Gasteiger partial charge on any atom is -0.349 e. The van der Waals surface area contributed by atoms with E-state index in [1.54, 1.807) is 6.07 Å². The molecule has 1 aromatic carbocycles. The van der Waals surface area contributed by atoms with Gasteiger partial charge in [-0.3, -0.25) is 14.5 Å². The number of carbonyl (C=O) groups excluding carboxylic acids is 1. The summed E-state index contributed by atoms with van der Waals surface area (Å²) in [5.74, 6) is 3.14. The Labute approximate surface area is 177 Å². The number of hydrogen-bond donors (Lipinski definition) is 2. The molecule has 6 heteroatoms. The summed E-state index contributed by atoms with van der Waals surface area (Å²) < 4.78 is 0. The highest BCUT2D eigenvalue weighted by Crippen LogP contribution is 2.55. The molecule has 0 spiro atoms. The molecular formula is C24H32N4O2. The van der Waals surface area contributed by atoms with E-state index in [2.05, 4.69) is 20.2 Å². The first kappa shape index (κ1) is 19.7. The third kappa shape index (κ3) is 3.55. The first-order valence-electron chi connectivity index (χ1n) is 11.5. The molecule has 6 rings (SSSR count). The topological polar surface area (TPSA) is 78.1 Å². The number of hydrogen-bond acceptors (Lipinski definition) is 4. The normalized spacial score (nSPS) is 30.7. The standard InChI is InChI=1S/C24H32N4O2/c1-3-28(14-21-25-20-7-5-4-6-19(20)23(30)26-21)15(2)22(29)27-24-11-16-8-17(12-24)10-18(9-16)13-24/h4-7,15-18H,3,8-14H2,1-2H3,(H,27,29)(H,25,26,30). The van der Waals surface area contributed by atoms with Gasteiger partial charge in [-0.05, 0) is 81.9 Å². The van der Waals surface area contributed by atoms with Crippen LogP contribution >= 0.6 is 0 Å². The van der Waals surface area contributed by atoms with Gasteiger partial charge >= 0.3 is 0 Å². The van der Waals surface area contributed by atoms with Gasteiger partial charge in [-0.2, -0.15) is 0 Å². The fourth-order valence-corrected chi connectivity index (χ4v) is 6.72. The zero-order valence-corrected chi connectivity index (χ0v) is 18.0. The predicted molar refractivity (Wildman–Crippen MR) is 117 cm³/mol. The monoisotopic (exact) mass is 408 g/mol. The number of fused-ring (bicyclic) bond motifs is 1. The summed E-state index contributed by atoms with van der Waals surface area (Å²) in [5.41, 5.74) is 0.588. The molecule has 2 aromatic rings. The van der Waals surface area contributed by atoms with Crippen LogP contribution < -0.4 is 10.9 Å². The van der Waals surface area contributed by atoms with Crippen molar-refractivity contribution in [1.82, 2.24) is 20.2 Å². The quantitative estimate of drug-likeness (QED) is 0.769. The molecule has 0 aliphatic heterocycles. The molecule has 0 radical (unpaired) electrons. The number of carbonyl (C=O) groups is 1. The molecule has 0 saturated heterocycles.